The first-order chi connectivity index (χ1) is 6.79. The molecule has 1 fully saturated rings. The van der Waals surface area contributed by atoms with E-state index in [1.165, 1.54) is 32.1 Å². The molecule has 14 heavy (non-hydrogen) atoms. The molecule has 0 heterocycles. The fourth-order valence-corrected chi connectivity index (χ4v) is 2.49. The van der Waals surface area contributed by atoms with Crippen LogP contribution in [0, 0.1) is 5.92 Å². The molecule has 1 saturated carbocycles. The SMILES string of the molecule is CCCNC(C1CCCC1)C(C)OC. The second kappa shape index (κ2) is 6.41. The minimum atomic E-state index is 0.352. The van der Waals surface area contributed by atoms with Gasteiger partial charge in [0, 0.05) is 13.2 Å². The van der Waals surface area contributed by atoms with Gasteiger partial charge in [-0.1, -0.05) is 19.8 Å². The second-order valence-corrected chi connectivity index (χ2v) is 4.47. The molecular formula is C12H25NO. The van der Waals surface area contributed by atoms with Crippen molar-refractivity contribution in [1.29, 1.82) is 0 Å². The lowest BCUT2D eigenvalue weighted by Crippen LogP contribution is -2.44. The van der Waals surface area contributed by atoms with Gasteiger partial charge in [-0.2, -0.15) is 0 Å². The average molecular weight is 199 g/mol. The lowest BCUT2D eigenvalue weighted by molar-refractivity contribution is 0.0619. The summed E-state index contributed by atoms with van der Waals surface area (Å²) < 4.78 is 5.46. The number of hydrogen-bond donors (Lipinski definition) is 1. The van der Waals surface area contributed by atoms with E-state index in [0.29, 0.717) is 12.1 Å². The Bertz CT molecular complexity index is 143. The van der Waals surface area contributed by atoms with Gasteiger partial charge in [0.15, 0.2) is 0 Å². The van der Waals surface area contributed by atoms with Crippen molar-refractivity contribution in [3.05, 3.63) is 0 Å². The summed E-state index contributed by atoms with van der Waals surface area (Å²) >= 11 is 0. The smallest absolute Gasteiger partial charge is 0.0698 e. The van der Waals surface area contributed by atoms with Gasteiger partial charge in [-0.05, 0) is 38.6 Å². The lowest BCUT2D eigenvalue weighted by atomic mass is 9.94. The Morgan fingerprint density at radius 2 is 2.00 bits per heavy atom. The largest absolute Gasteiger partial charge is 0.380 e. The molecule has 1 aliphatic rings. The molecule has 0 radical (unpaired) electrons. The Labute approximate surface area is 88.4 Å². The Morgan fingerprint density at radius 3 is 2.50 bits per heavy atom. The first-order valence-corrected chi connectivity index (χ1v) is 6.05. The molecule has 2 nitrogen and oxygen atoms in total. The van der Waals surface area contributed by atoms with Crippen LogP contribution >= 0.6 is 0 Å². The van der Waals surface area contributed by atoms with Crippen LogP contribution in [0.4, 0.5) is 0 Å². The van der Waals surface area contributed by atoms with E-state index in [1.807, 2.05) is 7.11 Å². The van der Waals surface area contributed by atoms with Crippen molar-refractivity contribution < 1.29 is 4.74 Å². The first kappa shape index (κ1) is 12.0. The summed E-state index contributed by atoms with van der Waals surface area (Å²) in [6.07, 6.45) is 7.14. The molecule has 2 atom stereocenters. The molecule has 0 saturated heterocycles. The van der Waals surface area contributed by atoms with Gasteiger partial charge in [0.2, 0.25) is 0 Å². The van der Waals surface area contributed by atoms with Gasteiger partial charge in [-0.3, -0.25) is 0 Å². The summed E-state index contributed by atoms with van der Waals surface area (Å²) in [5.74, 6) is 0.844. The molecule has 0 aliphatic heterocycles. The van der Waals surface area contributed by atoms with Crippen LogP contribution in [0.25, 0.3) is 0 Å². The summed E-state index contributed by atoms with van der Waals surface area (Å²) in [7, 11) is 1.82. The maximum Gasteiger partial charge on any atom is 0.0698 e. The summed E-state index contributed by atoms with van der Waals surface area (Å²) in [5, 5.41) is 3.64. The van der Waals surface area contributed by atoms with E-state index in [1.54, 1.807) is 0 Å². The van der Waals surface area contributed by atoms with E-state index >= 15 is 0 Å². The van der Waals surface area contributed by atoms with Crippen LogP contribution in [0.5, 0.6) is 0 Å². The minimum absolute atomic E-state index is 0.352. The molecule has 84 valence electrons. The van der Waals surface area contributed by atoms with Crippen molar-refractivity contribution in [2.45, 2.75) is 58.1 Å². The Hall–Kier alpha value is -0.0800. The monoisotopic (exact) mass is 199 g/mol. The molecule has 0 bridgehead atoms. The standard InChI is InChI=1S/C12H25NO/c1-4-9-13-12(10(2)14-3)11-7-5-6-8-11/h10-13H,4-9H2,1-3H3. The molecule has 1 N–H and O–H groups in total. The lowest BCUT2D eigenvalue weighted by Gasteiger charge is -2.29. The Balaban J connectivity index is 2.42. The van der Waals surface area contributed by atoms with Crippen molar-refractivity contribution in [1.82, 2.24) is 5.32 Å². The normalized spacial score (nSPS) is 22.5. The predicted octanol–water partition coefficient (Wildman–Crippen LogP) is 2.58. The molecular weight excluding hydrogens is 174 g/mol. The number of rotatable bonds is 6. The molecule has 2 unspecified atom stereocenters. The summed E-state index contributed by atoms with van der Waals surface area (Å²) in [6, 6.07) is 0.572. The van der Waals surface area contributed by atoms with Crippen molar-refractivity contribution in [3.8, 4) is 0 Å². The molecule has 0 aromatic carbocycles. The Kier molecular flexibility index (Phi) is 5.49. The highest BCUT2D eigenvalue weighted by molar-refractivity contribution is 4.84. The number of hydrogen-bond acceptors (Lipinski definition) is 2. The van der Waals surface area contributed by atoms with E-state index in [9.17, 15) is 0 Å². The predicted molar refractivity (Wildman–Crippen MR) is 60.5 cm³/mol. The van der Waals surface area contributed by atoms with Crippen molar-refractivity contribution >= 4 is 0 Å². The van der Waals surface area contributed by atoms with Gasteiger partial charge >= 0.3 is 0 Å². The van der Waals surface area contributed by atoms with Crippen LogP contribution < -0.4 is 5.32 Å². The third-order valence-electron chi connectivity index (χ3n) is 3.42. The average Bonchev–Trinajstić information content (AvgIpc) is 2.71. The molecule has 1 aliphatic carbocycles. The molecule has 0 aromatic rings. The van der Waals surface area contributed by atoms with E-state index in [0.717, 1.165) is 12.5 Å². The fourth-order valence-electron chi connectivity index (χ4n) is 2.49. The summed E-state index contributed by atoms with van der Waals surface area (Å²) in [6.45, 7) is 5.52. The zero-order valence-electron chi connectivity index (χ0n) is 9.88. The maximum absolute atomic E-state index is 5.46. The van der Waals surface area contributed by atoms with Crippen LogP contribution in [0.1, 0.15) is 46.0 Å². The van der Waals surface area contributed by atoms with Gasteiger partial charge in [0.25, 0.3) is 0 Å². The van der Waals surface area contributed by atoms with E-state index in [4.69, 9.17) is 4.74 Å². The summed E-state index contributed by atoms with van der Waals surface area (Å²) in [5.41, 5.74) is 0. The van der Waals surface area contributed by atoms with E-state index in [-0.39, 0.29) is 0 Å². The van der Waals surface area contributed by atoms with E-state index in [2.05, 4.69) is 19.2 Å². The highest BCUT2D eigenvalue weighted by Gasteiger charge is 2.28. The Morgan fingerprint density at radius 1 is 1.36 bits per heavy atom. The number of methoxy groups -OCH3 is 1. The molecule has 0 spiro atoms. The van der Waals surface area contributed by atoms with E-state index < -0.39 is 0 Å². The quantitative estimate of drug-likeness (QED) is 0.710. The minimum Gasteiger partial charge on any atom is -0.380 e. The van der Waals surface area contributed by atoms with Gasteiger partial charge in [-0.25, -0.2) is 0 Å². The van der Waals surface area contributed by atoms with Gasteiger partial charge in [0.05, 0.1) is 6.10 Å². The van der Waals surface area contributed by atoms with Crippen LogP contribution in [0.2, 0.25) is 0 Å². The third kappa shape index (κ3) is 3.25. The topological polar surface area (TPSA) is 21.3 Å². The van der Waals surface area contributed by atoms with Crippen molar-refractivity contribution in [3.63, 3.8) is 0 Å². The molecule has 0 amide bonds. The number of nitrogens with one attached hydrogen (secondary N) is 1. The van der Waals surface area contributed by atoms with Crippen LogP contribution in [0.3, 0.4) is 0 Å². The van der Waals surface area contributed by atoms with Gasteiger partial charge in [-0.15, -0.1) is 0 Å². The van der Waals surface area contributed by atoms with Gasteiger partial charge < -0.3 is 10.1 Å². The zero-order chi connectivity index (χ0) is 10.4. The zero-order valence-corrected chi connectivity index (χ0v) is 9.88. The van der Waals surface area contributed by atoms with Gasteiger partial charge in [0.1, 0.15) is 0 Å². The molecule has 2 heteroatoms. The number of ether oxygens (including phenoxy) is 1. The third-order valence-corrected chi connectivity index (χ3v) is 3.42. The second-order valence-electron chi connectivity index (χ2n) is 4.47. The first-order valence-electron chi connectivity index (χ1n) is 6.05. The highest BCUT2D eigenvalue weighted by atomic mass is 16.5. The fraction of sp³-hybridized carbons (Fsp3) is 1.00. The summed E-state index contributed by atoms with van der Waals surface area (Å²) in [4.78, 5) is 0. The van der Waals surface area contributed by atoms with Crippen LogP contribution in [-0.4, -0.2) is 25.8 Å². The van der Waals surface area contributed by atoms with Crippen LogP contribution in [0.15, 0.2) is 0 Å². The van der Waals surface area contributed by atoms with Crippen molar-refractivity contribution in [2.75, 3.05) is 13.7 Å². The van der Waals surface area contributed by atoms with Crippen molar-refractivity contribution in [2.24, 2.45) is 5.92 Å². The van der Waals surface area contributed by atoms with Crippen LogP contribution in [-0.2, 0) is 4.74 Å². The molecule has 0 aromatic heterocycles. The maximum atomic E-state index is 5.46. The molecule has 1 rings (SSSR count). The highest BCUT2D eigenvalue weighted by Crippen LogP contribution is 2.29.